The van der Waals surface area contributed by atoms with Crippen LogP contribution in [0.15, 0.2) is 36.4 Å². The van der Waals surface area contributed by atoms with Crippen LogP contribution >= 0.6 is 0 Å². The van der Waals surface area contributed by atoms with E-state index in [9.17, 15) is 30.8 Å². The summed E-state index contributed by atoms with van der Waals surface area (Å²) in [4.78, 5) is 12.6. The molecule has 0 aliphatic carbocycles. The maximum absolute atomic E-state index is 13.5. The summed E-state index contributed by atoms with van der Waals surface area (Å²) in [5.74, 6) is -2.22. The Balaban J connectivity index is 2.88. The first kappa shape index (κ1) is 25.6. The molecule has 1 unspecified atom stereocenters. The molecular formula is C21H22F4O6S. The second-order valence-corrected chi connectivity index (χ2v) is 9.33. The van der Waals surface area contributed by atoms with Crippen molar-refractivity contribution >= 4 is 16.1 Å². The normalized spacial score (nSPS) is 13.5. The predicted molar refractivity (Wildman–Crippen MR) is 108 cm³/mol. The van der Waals surface area contributed by atoms with Crippen LogP contribution in [0.3, 0.4) is 0 Å². The van der Waals surface area contributed by atoms with E-state index in [4.69, 9.17) is 9.47 Å². The summed E-state index contributed by atoms with van der Waals surface area (Å²) in [6.07, 6.45) is -1.45. The molecule has 0 heterocycles. The summed E-state index contributed by atoms with van der Waals surface area (Å²) in [6, 6.07) is 6.79. The lowest BCUT2D eigenvalue weighted by molar-refractivity contribution is -0.164. The molecule has 11 heteroatoms. The maximum atomic E-state index is 13.5. The summed E-state index contributed by atoms with van der Waals surface area (Å²) in [7, 11) is -4.94. The highest BCUT2D eigenvalue weighted by Gasteiger charge is 2.49. The van der Waals surface area contributed by atoms with Gasteiger partial charge < -0.3 is 13.7 Å². The van der Waals surface area contributed by atoms with Crippen molar-refractivity contribution in [2.24, 2.45) is 0 Å². The lowest BCUT2D eigenvalue weighted by Crippen LogP contribution is -2.30. The Kier molecular flexibility index (Phi) is 7.25. The van der Waals surface area contributed by atoms with E-state index in [-0.39, 0.29) is 16.7 Å². The Hall–Kier alpha value is -2.66. The average molecular weight is 478 g/mol. The molecule has 1 atom stereocenters. The minimum atomic E-state index is -6.04. The Morgan fingerprint density at radius 2 is 1.56 bits per heavy atom. The molecule has 6 nitrogen and oxygen atoms in total. The molecule has 0 amide bonds. The summed E-state index contributed by atoms with van der Waals surface area (Å²) >= 11 is 0. The summed E-state index contributed by atoms with van der Waals surface area (Å²) in [6.45, 7) is 6.48. The molecule has 176 valence electrons. The molecule has 0 N–H and O–H groups in total. The molecule has 0 aliphatic rings. The van der Waals surface area contributed by atoms with Gasteiger partial charge in [-0.05, 0) is 57.0 Å². The lowest BCUT2D eigenvalue weighted by Gasteiger charge is -2.29. The van der Waals surface area contributed by atoms with Crippen LogP contribution in [0, 0.1) is 12.7 Å². The van der Waals surface area contributed by atoms with Gasteiger partial charge in [-0.15, -0.1) is 0 Å². The van der Waals surface area contributed by atoms with Crippen LogP contribution < -0.4 is 4.18 Å². The van der Waals surface area contributed by atoms with Crippen molar-refractivity contribution < 1.29 is 44.4 Å². The second kappa shape index (κ2) is 9.07. The van der Waals surface area contributed by atoms with Gasteiger partial charge in [-0.1, -0.05) is 18.2 Å². The standard InChI is InChI=1S/C21H22F4O6S/c1-12-6-11-15(31-32(27,28)21(23,24)25)17(13-7-9-14(22)10-8-13)16(12)18(19(26)29-5)30-20(2,3)4/h6-11,18H,1-5H3. The minimum absolute atomic E-state index is 0.0215. The molecule has 0 spiro atoms. The van der Waals surface area contributed by atoms with Crippen molar-refractivity contribution in [3.63, 3.8) is 0 Å². The summed E-state index contributed by atoms with van der Waals surface area (Å²) in [5.41, 5.74) is -6.28. The molecule has 0 fully saturated rings. The first-order valence-electron chi connectivity index (χ1n) is 9.23. The van der Waals surface area contributed by atoms with Gasteiger partial charge in [0.2, 0.25) is 0 Å². The van der Waals surface area contributed by atoms with Gasteiger partial charge in [0.05, 0.1) is 12.7 Å². The van der Waals surface area contributed by atoms with Crippen molar-refractivity contribution in [1.82, 2.24) is 0 Å². The zero-order valence-corrected chi connectivity index (χ0v) is 18.7. The number of ether oxygens (including phenoxy) is 2. The summed E-state index contributed by atoms with van der Waals surface area (Å²) in [5, 5.41) is 0. The van der Waals surface area contributed by atoms with Crippen LogP contribution in [-0.4, -0.2) is 32.6 Å². The predicted octanol–water partition coefficient (Wildman–Crippen LogP) is 5.06. The van der Waals surface area contributed by atoms with Crippen LogP contribution in [0.5, 0.6) is 5.75 Å². The number of hydrogen-bond acceptors (Lipinski definition) is 6. The number of hydrogen-bond donors (Lipinski definition) is 0. The molecular weight excluding hydrogens is 456 g/mol. The molecule has 0 bridgehead atoms. The minimum Gasteiger partial charge on any atom is -0.467 e. The van der Waals surface area contributed by atoms with E-state index < -0.39 is 44.9 Å². The highest BCUT2D eigenvalue weighted by Crippen LogP contribution is 2.43. The first-order valence-corrected chi connectivity index (χ1v) is 10.6. The third kappa shape index (κ3) is 5.77. The van der Waals surface area contributed by atoms with E-state index in [1.165, 1.54) is 18.2 Å². The van der Waals surface area contributed by atoms with Crippen LogP contribution in [0.2, 0.25) is 0 Å². The maximum Gasteiger partial charge on any atom is 0.534 e. The quantitative estimate of drug-likeness (QED) is 0.250. The average Bonchev–Trinajstić information content (AvgIpc) is 2.66. The van der Waals surface area contributed by atoms with Crippen molar-refractivity contribution in [2.45, 2.75) is 44.9 Å². The third-order valence-corrected chi connectivity index (χ3v) is 5.16. The van der Waals surface area contributed by atoms with Crippen molar-refractivity contribution in [1.29, 1.82) is 0 Å². The van der Waals surface area contributed by atoms with Crippen LogP contribution in [0.4, 0.5) is 17.6 Å². The zero-order valence-electron chi connectivity index (χ0n) is 17.9. The number of halogens is 4. The fraction of sp³-hybridized carbons (Fsp3) is 0.381. The topological polar surface area (TPSA) is 78.9 Å². The molecule has 0 aromatic heterocycles. The smallest absolute Gasteiger partial charge is 0.467 e. The van der Waals surface area contributed by atoms with Gasteiger partial charge in [-0.3, -0.25) is 0 Å². The molecule has 2 aromatic rings. The fourth-order valence-electron chi connectivity index (χ4n) is 2.88. The second-order valence-electron chi connectivity index (χ2n) is 7.79. The number of carbonyl (C=O) groups is 1. The summed E-state index contributed by atoms with van der Waals surface area (Å²) < 4.78 is 90.9. The van der Waals surface area contributed by atoms with Gasteiger partial charge in [0, 0.05) is 11.1 Å². The molecule has 32 heavy (non-hydrogen) atoms. The molecule has 2 rings (SSSR count). The van der Waals surface area contributed by atoms with E-state index in [1.807, 2.05) is 0 Å². The Labute approximate surface area is 183 Å². The number of aryl methyl sites for hydroxylation is 1. The Bertz CT molecular complexity index is 1090. The van der Waals surface area contributed by atoms with E-state index in [2.05, 4.69) is 4.18 Å². The number of benzene rings is 2. The number of carbonyl (C=O) groups excluding carboxylic acids is 1. The Morgan fingerprint density at radius 1 is 1.00 bits per heavy atom. The van der Waals surface area contributed by atoms with E-state index in [0.717, 1.165) is 25.3 Å². The van der Waals surface area contributed by atoms with E-state index in [0.29, 0.717) is 5.56 Å². The van der Waals surface area contributed by atoms with Crippen LogP contribution in [0.25, 0.3) is 11.1 Å². The van der Waals surface area contributed by atoms with Gasteiger partial charge in [-0.2, -0.15) is 21.6 Å². The van der Waals surface area contributed by atoms with Crippen LogP contribution in [0.1, 0.15) is 38.0 Å². The van der Waals surface area contributed by atoms with Gasteiger partial charge >= 0.3 is 21.6 Å². The molecule has 0 aliphatic heterocycles. The number of methoxy groups -OCH3 is 1. The van der Waals surface area contributed by atoms with Gasteiger partial charge in [0.15, 0.2) is 11.9 Å². The monoisotopic (exact) mass is 478 g/mol. The molecule has 0 radical (unpaired) electrons. The third-order valence-electron chi connectivity index (χ3n) is 4.19. The molecule has 2 aromatic carbocycles. The lowest BCUT2D eigenvalue weighted by atomic mass is 9.91. The highest BCUT2D eigenvalue weighted by molar-refractivity contribution is 7.88. The van der Waals surface area contributed by atoms with E-state index >= 15 is 0 Å². The van der Waals surface area contributed by atoms with Gasteiger partial charge in [-0.25, -0.2) is 9.18 Å². The molecule has 0 saturated heterocycles. The SMILES string of the molecule is COC(=O)C(OC(C)(C)C)c1c(C)ccc(OS(=O)(=O)C(F)(F)F)c1-c1ccc(F)cc1. The van der Waals surface area contributed by atoms with Crippen LogP contribution in [-0.2, 0) is 24.4 Å². The fourth-order valence-corrected chi connectivity index (χ4v) is 3.35. The number of rotatable bonds is 6. The first-order chi connectivity index (χ1) is 14.6. The Morgan fingerprint density at radius 3 is 2.03 bits per heavy atom. The number of alkyl halides is 3. The largest absolute Gasteiger partial charge is 0.534 e. The highest BCUT2D eigenvalue weighted by atomic mass is 32.2. The van der Waals surface area contributed by atoms with Gasteiger partial charge in [0.25, 0.3) is 0 Å². The van der Waals surface area contributed by atoms with Crippen molar-refractivity contribution in [3.8, 4) is 16.9 Å². The van der Waals surface area contributed by atoms with Crippen molar-refractivity contribution in [3.05, 3.63) is 53.3 Å². The van der Waals surface area contributed by atoms with Crippen molar-refractivity contribution in [2.75, 3.05) is 7.11 Å². The van der Waals surface area contributed by atoms with E-state index in [1.54, 1.807) is 27.7 Å². The van der Waals surface area contributed by atoms with Gasteiger partial charge in [0.1, 0.15) is 5.82 Å². The number of esters is 1. The molecule has 0 saturated carbocycles. The zero-order chi connectivity index (χ0) is 24.5.